The number of nitrogens with one attached hydrogen (secondary N) is 2. The number of likely N-dealkylation sites (N-methyl/N-ethyl adjacent to an activating group) is 1. The monoisotopic (exact) mass is 233 g/mol. The van der Waals surface area contributed by atoms with E-state index in [1.54, 1.807) is 7.05 Å². The van der Waals surface area contributed by atoms with Gasteiger partial charge in [0.2, 0.25) is 5.91 Å². The van der Waals surface area contributed by atoms with E-state index in [2.05, 4.69) is 27.7 Å². The Morgan fingerprint density at radius 3 is 3.00 bits per heavy atom. The van der Waals surface area contributed by atoms with E-state index in [1.807, 2.05) is 19.1 Å². The Hall–Kier alpha value is -1.71. The van der Waals surface area contributed by atoms with Crippen molar-refractivity contribution < 1.29 is 4.79 Å². The van der Waals surface area contributed by atoms with Crippen LogP contribution < -0.4 is 15.5 Å². The summed E-state index contributed by atoms with van der Waals surface area (Å²) >= 11 is 0. The molecule has 1 aliphatic rings. The number of rotatable bonds is 2. The second-order valence-electron chi connectivity index (χ2n) is 4.28. The van der Waals surface area contributed by atoms with Crippen LogP contribution in [0.15, 0.2) is 24.3 Å². The molecule has 92 valence electrons. The van der Waals surface area contributed by atoms with Gasteiger partial charge in [-0.25, -0.2) is 0 Å². The molecule has 1 heterocycles. The first-order valence-electron chi connectivity index (χ1n) is 6.05. The molecule has 4 nitrogen and oxygen atoms in total. The maximum absolute atomic E-state index is 11.8. The van der Waals surface area contributed by atoms with Crippen molar-refractivity contribution in [2.75, 3.05) is 30.4 Å². The van der Waals surface area contributed by atoms with Crippen molar-refractivity contribution in [1.82, 2.24) is 5.32 Å². The third kappa shape index (κ3) is 2.35. The van der Waals surface area contributed by atoms with Crippen LogP contribution in [0.2, 0.25) is 0 Å². The van der Waals surface area contributed by atoms with Crippen molar-refractivity contribution in [3.05, 3.63) is 24.3 Å². The molecule has 0 saturated carbocycles. The molecule has 0 aromatic heterocycles. The predicted molar refractivity (Wildman–Crippen MR) is 70.4 cm³/mol. The fraction of sp³-hybridized carbons (Fsp3) is 0.462. The van der Waals surface area contributed by atoms with E-state index in [0.717, 1.165) is 30.9 Å². The lowest BCUT2D eigenvalue weighted by molar-refractivity contribution is -0.121. The van der Waals surface area contributed by atoms with Crippen molar-refractivity contribution in [1.29, 1.82) is 0 Å². The summed E-state index contributed by atoms with van der Waals surface area (Å²) in [5.41, 5.74) is 2.22. The highest BCUT2D eigenvalue weighted by atomic mass is 16.2. The normalized spacial score (nSPS) is 16.5. The summed E-state index contributed by atoms with van der Waals surface area (Å²) in [5, 5.41) is 6.11. The van der Waals surface area contributed by atoms with Gasteiger partial charge in [-0.2, -0.15) is 0 Å². The molecule has 0 spiro atoms. The van der Waals surface area contributed by atoms with Crippen LogP contribution >= 0.6 is 0 Å². The minimum absolute atomic E-state index is 0.0571. The highest BCUT2D eigenvalue weighted by Crippen LogP contribution is 2.29. The van der Waals surface area contributed by atoms with E-state index in [4.69, 9.17) is 0 Å². The van der Waals surface area contributed by atoms with Crippen LogP contribution in [0.4, 0.5) is 11.4 Å². The van der Waals surface area contributed by atoms with Crippen LogP contribution in [0.1, 0.15) is 13.3 Å². The minimum Gasteiger partial charge on any atom is -0.383 e. The van der Waals surface area contributed by atoms with Crippen molar-refractivity contribution in [2.24, 2.45) is 0 Å². The molecule has 0 aliphatic carbocycles. The molecule has 1 atom stereocenters. The van der Waals surface area contributed by atoms with Crippen molar-refractivity contribution in [3.63, 3.8) is 0 Å². The Kier molecular flexibility index (Phi) is 3.52. The molecule has 1 amide bonds. The number of carbonyl (C=O) groups is 1. The maximum Gasteiger partial charge on any atom is 0.242 e. The summed E-state index contributed by atoms with van der Waals surface area (Å²) in [4.78, 5) is 13.9. The third-order valence-electron chi connectivity index (χ3n) is 3.20. The average Bonchev–Trinajstić information content (AvgIpc) is 2.59. The van der Waals surface area contributed by atoms with Crippen LogP contribution in [-0.4, -0.2) is 32.1 Å². The zero-order chi connectivity index (χ0) is 12.3. The first-order chi connectivity index (χ1) is 8.24. The van der Waals surface area contributed by atoms with E-state index in [1.165, 1.54) is 0 Å². The molecule has 0 bridgehead atoms. The van der Waals surface area contributed by atoms with Crippen molar-refractivity contribution in [2.45, 2.75) is 19.4 Å². The Labute approximate surface area is 102 Å². The van der Waals surface area contributed by atoms with Crippen molar-refractivity contribution >= 4 is 17.3 Å². The van der Waals surface area contributed by atoms with E-state index < -0.39 is 0 Å². The smallest absolute Gasteiger partial charge is 0.242 e. The van der Waals surface area contributed by atoms with Gasteiger partial charge in [-0.05, 0) is 25.5 Å². The molecular weight excluding hydrogens is 214 g/mol. The maximum atomic E-state index is 11.8. The van der Waals surface area contributed by atoms with Gasteiger partial charge in [-0.1, -0.05) is 12.1 Å². The fourth-order valence-corrected chi connectivity index (χ4v) is 2.22. The van der Waals surface area contributed by atoms with Gasteiger partial charge in [0.1, 0.15) is 6.04 Å². The van der Waals surface area contributed by atoms with Crippen LogP contribution in [0, 0.1) is 0 Å². The first kappa shape index (κ1) is 11.8. The lowest BCUT2D eigenvalue weighted by Gasteiger charge is -2.29. The molecule has 0 fully saturated rings. The van der Waals surface area contributed by atoms with Gasteiger partial charge in [0.05, 0.1) is 11.4 Å². The Morgan fingerprint density at radius 2 is 2.24 bits per heavy atom. The van der Waals surface area contributed by atoms with Gasteiger partial charge in [-0.3, -0.25) is 4.79 Å². The average molecular weight is 233 g/mol. The largest absolute Gasteiger partial charge is 0.383 e. The summed E-state index contributed by atoms with van der Waals surface area (Å²) in [6.45, 7) is 3.80. The summed E-state index contributed by atoms with van der Waals surface area (Å²) in [7, 11) is 1.68. The van der Waals surface area contributed by atoms with Crippen LogP contribution in [0.5, 0.6) is 0 Å². The quantitative estimate of drug-likeness (QED) is 0.812. The van der Waals surface area contributed by atoms with Gasteiger partial charge >= 0.3 is 0 Å². The highest BCUT2D eigenvalue weighted by Gasteiger charge is 2.23. The number of fused-ring (bicyclic) bond motifs is 1. The number of hydrogen-bond acceptors (Lipinski definition) is 3. The summed E-state index contributed by atoms with van der Waals surface area (Å²) in [5.74, 6) is 0.0571. The van der Waals surface area contributed by atoms with Gasteiger partial charge < -0.3 is 15.5 Å². The van der Waals surface area contributed by atoms with E-state index in [0.29, 0.717) is 0 Å². The molecule has 0 saturated heterocycles. The number of hydrogen-bond donors (Lipinski definition) is 2. The topological polar surface area (TPSA) is 44.4 Å². The Balaban J connectivity index is 2.31. The number of para-hydroxylation sites is 2. The zero-order valence-corrected chi connectivity index (χ0v) is 10.4. The molecular formula is C13H19N3O. The number of nitrogens with zero attached hydrogens (tertiary/aromatic N) is 1. The van der Waals surface area contributed by atoms with Gasteiger partial charge in [0.25, 0.3) is 0 Å². The van der Waals surface area contributed by atoms with E-state index >= 15 is 0 Å². The molecule has 1 unspecified atom stereocenters. The molecule has 4 heteroatoms. The van der Waals surface area contributed by atoms with Gasteiger partial charge in [-0.15, -0.1) is 0 Å². The van der Waals surface area contributed by atoms with Crippen LogP contribution in [-0.2, 0) is 4.79 Å². The highest BCUT2D eigenvalue weighted by molar-refractivity contribution is 5.86. The molecule has 1 aliphatic heterocycles. The summed E-state index contributed by atoms with van der Waals surface area (Å²) < 4.78 is 0. The first-order valence-corrected chi connectivity index (χ1v) is 6.05. The number of amides is 1. The number of carbonyl (C=O) groups excluding carboxylic acids is 1. The molecule has 2 N–H and O–H groups in total. The Morgan fingerprint density at radius 1 is 1.47 bits per heavy atom. The van der Waals surface area contributed by atoms with Gasteiger partial charge in [0, 0.05) is 20.1 Å². The minimum atomic E-state index is -0.138. The summed E-state index contributed by atoms with van der Waals surface area (Å²) in [6.07, 6.45) is 1.04. The molecule has 1 aromatic carbocycles. The molecule has 1 aromatic rings. The van der Waals surface area contributed by atoms with Crippen LogP contribution in [0.25, 0.3) is 0 Å². The zero-order valence-electron chi connectivity index (χ0n) is 10.4. The SMILES string of the molecule is CNC(=O)C(C)N1CCCNc2ccccc21. The molecule has 2 rings (SSSR count). The second-order valence-corrected chi connectivity index (χ2v) is 4.28. The van der Waals surface area contributed by atoms with Gasteiger partial charge in [0.15, 0.2) is 0 Å². The number of benzene rings is 1. The number of anilines is 2. The van der Waals surface area contributed by atoms with E-state index in [9.17, 15) is 4.79 Å². The lowest BCUT2D eigenvalue weighted by Crippen LogP contribution is -2.44. The lowest BCUT2D eigenvalue weighted by atomic mass is 10.2. The standard InChI is InChI=1S/C13H19N3O/c1-10(13(17)14-2)16-9-5-8-15-11-6-3-4-7-12(11)16/h3-4,6-7,10,15H,5,8-9H2,1-2H3,(H,14,17). The predicted octanol–water partition coefficient (Wildman–Crippen LogP) is 1.44. The van der Waals surface area contributed by atoms with Crippen molar-refractivity contribution in [3.8, 4) is 0 Å². The molecule has 17 heavy (non-hydrogen) atoms. The summed E-state index contributed by atoms with van der Waals surface area (Å²) in [6, 6.07) is 8.01. The second kappa shape index (κ2) is 5.08. The fourth-order valence-electron chi connectivity index (χ4n) is 2.22. The third-order valence-corrected chi connectivity index (χ3v) is 3.20. The van der Waals surface area contributed by atoms with E-state index in [-0.39, 0.29) is 11.9 Å². The Bertz CT molecular complexity index is 405. The van der Waals surface area contributed by atoms with Crippen LogP contribution in [0.3, 0.4) is 0 Å². The molecule has 0 radical (unpaired) electrons.